The van der Waals surface area contributed by atoms with Gasteiger partial charge in [-0.1, -0.05) is 28.1 Å². The number of anilines is 1. The topological polar surface area (TPSA) is 67.9 Å². The van der Waals surface area contributed by atoms with Crippen molar-refractivity contribution in [1.82, 2.24) is 4.90 Å². The molecular formula is C19H19BrN2O4S. The van der Waals surface area contributed by atoms with Crippen molar-refractivity contribution in [3.63, 3.8) is 0 Å². The Hall–Kier alpha value is -2.19. The molecule has 0 saturated carbocycles. The van der Waals surface area contributed by atoms with Gasteiger partial charge in [-0.25, -0.2) is 0 Å². The molecule has 0 radical (unpaired) electrons. The molecule has 0 aliphatic carbocycles. The molecule has 27 heavy (non-hydrogen) atoms. The first-order chi connectivity index (χ1) is 13.0. The van der Waals surface area contributed by atoms with Crippen LogP contribution in [0.25, 0.3) is 0 Å². The number of nitrogens with one attached hydrogen (secondary N) is 1. The van der Waals surface area contributed by atoms with Gasteiger partial charge in [0.15, 0.2) is 11.5 Å². The van der Waals surface area contributed by atoms with E-state index < -0.39 is 0 Å². The summed E-state index contributed by atoms with van der Waals surface area (Å²) in [5.74, 6) is 1.72. The number of thioether (sulfide) groups is 1. The molecule has 1 heterocycles. The van der Waals surface area contributed by atoms with Gasteiger partial charge in [-0.2, -0.15) is 0 Å². The van der Waals surface area contributed by atoms with Gasteiger partial charge >= 0.3 is 0 Å². The Morgan fingerprint density at radius 1 is 1.15 bits per heavy atom. The van der Waals surface area contributed by atoms with Crippen molar-refractivity contribution in [2.24, 2.45) is 0 Å². The molecule has 2 aromatic carbocycles. The number of ether oxygens (including phenoxy) is 2. The van der Waals surface area contributed by atoms with Crippen LogP contribution in [-0.2, 0) is 16.1 Å². The van der Waals surface area contributed by atoms with Crippen LogP contribution >= 0.6 is 27.7 Å². The maximum Gasteiger partial charge on any atom is 0.234 e. The number of benzene rings is 2. The molecular weight excluding hydrogens is 432 g/mol. The minimum atomic E-state index is -0.135. The van der Waals surface area contributed by atoms with Crippen molar-refractivity contribution in [2.45, 2.75) is 6.54 Å². The second kappa shape index (κ2) is 9.14. The molecule has 1 aliphatic heterocycles. The molecule has 0 atom stereocenters. The van der Waals surface area contributed by atoms with Crippen LogP contribution in [0.15, 0.2) is 46.9 Å². The van der Waals surface area contributed by atoms with E-state index in [9.17, 15) is 9.59 Å². The zero-order valence-electron chi connectivity index (χ0n) is 14.7. The van der Waals surface area contributed by atoms with Crippen molar-refractivity contribution in [3.05, 3.63) is 52.5 Å². The number of rotatable bonds is 7. The number of carbonyl (C=O) groups excluding carboxylic acids is 2. The molecule has 1 N–H and O–H groups in total. The normalized spacial score (nSPS) is 11.9. The molecule has 0 spiro atoms. The molecule has 0 unspecified atom stereocenters. The van der Waals surface area contributed by atoms with Crippen LogP contribution in [0.2, 0.25) is 0 Å². The van der Waals surface area contributed by atoms with Crippen LogP contribution in [0, 0.1) is 0 Å². The van der Waals surface area contributed by atoms with Crippen molar-refractivity contribution < 1.29 is 19.1 Å². The lowest BCUT2D eigenvalue weighted by molar-refractivity contribution is -0.127. The van der Waals surface area contributed by atoms with Crippen LogP contribution < -0.4 is 14.8 Å². The summed E-state index contributed by atoms with van der Waals surface area (Å²) in [5.41, 5.74) is 1.69. The first-order valence-electron chi connectivity index (χ1n) is 8.27. The van der Waals surface area contributed by atoms with Crippen molar-refractivity contribution in [3.8, 4) is 11.5 Å². The maximum absolute atomic E-state index is 12.3. The lowest BCUT2D eigenvalue weighted by Crippen LogP contribution is -2.28. The highest BCUT2D eigenvalue weighted by Gasteiger charge is 2.15. The zero-order valence-corrected chi connectivity index (χ0v) is 17.1. The fourth-order valence-electron chi connectivity index (χ4n) is 2.51. The van der Waals surface area contributed by atoms with Gasteiger partial charge in [0.05, 0.1) is 11.5 Å². The predicted octanol–water partition coefficient (Wildman–Crippen LogP) is 3.51. The van der Waals surface area contributed by atoms with Crippen LogP contribution in [0.3, 0.4) is 0 Å². The first kappa shape index (κ1) is 19.6. The van der Waals surface area contributed by atoms with Gasteiger partial charge in [-0.05, 0) is 35.9 Å². The second-order valence-corrected chi connectivity index (χ2v) is 7.89. The molecule has 1 aliphatic rings. The van der Waals surface area contributed by atoms with Gasteiger partial charge in [0.2, 0.25) is 18.6 Å². The molecule has 142 valence electrons. The minimum absolute atomic E-state index is 0.0343. The van der Waals surface area contributed by atoms with Gasteiger partial charge < -0.3 is 19.7 Å². The number of fused-ring (bicyclic) bond motifs is 1. The lowest BCUT2D eigenvalue weighted by atomic mass is 10.2. The maximum atomic E-state index is 12.3. The molecule has 3 rings (SSSR count). The Kier molecular flexibility index (Phi) is 6.63. The molecule has 0 aromatic heterocycles. The summed E-state index contributed by atoms with van der Waals surface area (Å²) in [6.45, 7) is 0.701. The van der Waals surface area contributed by atoms with E-state index in [4.69, 9.17) is 9.47 Å². The number of hydrogen-bond acceptors (Lipinski definition) is 5. The fourth-order valence-corrected chi connectivity index (χ4v) is 3.66. The predicted molar refractivity (Wildman–Crippen MR) is 109 cm³/mol. The van der Waals surface area contributed by atoms with E-state index in [0.29, 0.717) is 12.3 Å². The Morgan fingerprint density at radius 2 is 1.96 bits per heavy atom. The minimum Gasteiger partial charge on any atom is -0.454 e. The van der Waals surface area contributed by atoms with E-state index in [0.717, 1.165) is 21.5 Å². The summed E-state index contributed by atoms with van der Waals surface area (Å²) in [7, 11) is 1.75. The lowest BCUT2D eigenvalue weighted by Gasteiger charge is -2.17. The Morgan fingerprint density at radius 3 is 2.78 bits per heavy atom. The van der Waals surface area contributed by atoms with Gasteiger partial charge in [0.1, 0.15) is 0 Å². The third kappa shape index (κ3) is 5.64. The molecule has 0 bridgehead atoms. The van der Waals surface area contributed by atoms with Gasteiger partial charge in [-0.3, -0.25) is 9.59 Å². The van der Waals surface area contributed by atoms with E-state index in [1.165, 1.54) is 11.8 Å². The SMILES string of the molecule is CN(Cc1ccc2c(c1)OCO2)C(=O)CSCC(=O)Nc1cccc(Br)c1. The highest BCUT2D eigenvalue weighted by molar-refractivity contribution is 9.10. The highest BCUT2D eigenvalue weighted by atomic mass is 79.9. The van der Waals surface area contributed by atoms with E-state index in [1.54, 1.807) is 11.9 Å². The number of carbonyl (C=O) groups is 2. The van der Waals surface area contributed by atoms with Crippen molar-refractivity contribution >= 4 is 45.2 Å². The highest BCUT2D eigenvalue weighted by Crippen LogP contribution is 2.32. The molecule has 6 nitrogen and oxygen atoms in total. The summed E-state index contributed by atoms with van der Waals surface area (Å²) < 4.78 is 11.5. The smallest absolute Gasteiger partial charge is 0.234 e. The quantitative estimate of drug-likeness (QED) is 0.698. The van der Waals surface area contributed by atoms with Gasteiger partial charge in [-0.15, -0.1) is 11.8 Å². The number of nitrogens with zero attached hydrogens (tertiary/aromatic N) is 1. The van der Waals surface area contributed by atoms with Crippen LogP contribution in [0.5, 0.6) is 11.5 Å². The molecule has 2 amide bonds. The monoisotopic (exact) mass is 450 g/mol. The number of hydrogen-bond donors (Lipinski definition) is 1. The summed E-state index contributed by atoms with van der Waals surface area (Å²) >= 11 is 4.65. The van der Waals surface area contributed by atoms with Gasteiger partial charge in [0, 0.05) is 23.8 Å². The Labute approximate surface area is 170 Å². The molecule has 8 heteroatoms. The third-order valence-electron chi connectivity index (χ3n) is 3.85. The summed E-state index contributed by atoms with van der Waals surface area (Å²) in [6, 6.07) is 13.0. The second-order valence-electron chi connectivity index (χ2n) is 5.99. The summed E-state index contributed by atoms with van der Waals surface area (Å²) in [4.78, 5) is 25.9. The van der Waals surface area contributed by atoms with E-state index >= 15 is 0 Å². The average Bonchev–Trinajstić information content (AvgIpc) is 3.09. The van der Waals surface area contributed by atoms with E-state index in [2.05, 4.69) is 21.2 Å². The van der Waals surface area contributed by atoms with Crippen molar-refractivity contribution in [2.75, 3.05) is 30.7 Å². The van der Waals surface area contributed by atoms with Gasteiger partial charge in [0.25, 0.3) is 0 Å². The fraction of sp³-hybridized carbons (Fsp3) is 0.263. The van der Waals surface area contributed by atoms with E-state index in [1.807, 2.05) is 42.5 Å². The van der Waals surface area contributed by atoms with Crippen LogP contribution in [-0.4, -0.2) is 42.1 Å². The average molecular weight is 451 g/mol. The first-order valence-corrected chi connectivity index (χ1v) is 10.2. The largest absolute Gasteiger partial charge is 0.454 e. The molecule has 2 aromatic rings. The summed E-state index contributed by atoms with van der Waals surface area (Å²) in [6.07, 6.45) is 0. The number of halogens is 1. The summed E-state index contributed by atoms with van der Waals surface area (Å²) in [5, 5.41) is 2.81. The molecule has 0 fully saturated rings. The number of amides is 2. The van der Waals surface area contributed by atoms with Crippen LogP contribution in [0.1, 0.15) is 5.56 Å². The standard InChI is InChI=1S/C19H19BrN2O4S/c1-22(9-13-5-6-16-17(7-13)26-12-25-16)19(24)11-27-10-18(23)21-15-4-2-3-14(20)8-15/h2-8H,9-12H2,1H3,(H,21,23). The zero-order chi connectivity index (χ0) is 19.2. The third-order valence-corrected chi connectivity index (χ3v) is 5.26. The van der Waals surface area contributed by atoms with Crippen LogP contribution in [0.4, 0.5) is 5.69 Å². The Balaban J connectivity index is 1.41. The molecule has 0 saturated heterocycles. The Bertz CT molecular complexity index is 846. The van der Waals surface area contributed by atoms with Crippen molar-refractivity contribution in [1.29, 1.82) is 0 Å². The van der Waals surface area contributed by atoms with E-state index in [-0.39, 0.29) is 30.1 Å².